The van der Waals surface area contributed by atoms with E-state index < -0.39 is 7.60 Å². The zero-order valence-electron chi connectivity index (χ0n) is 9.80. The van der Waals surface area contributed by atoms with Crippen molar-refractivity contribution in [3.8, 4) is 0 Å². The molecule has 0 radical (unpaired) electrons. The highest BCUT2D eigenvalue weighted by molar-refractivity contribution is 7.50. The summed E-state index contributed by atoms with van der Waals surface area (Å²) in [4.78, 5) is 25.4. The molecular weight excluding hydrogens is 259 g/mol. The number of rotatable bonds is 3. The van der Waals surface area contributed by atoms with E-state index in [4.69, 9.17) is 9.79 Å². The Balaban J connectivity index is 2.14. The lowest BCUT2D eigenvalue weighted by Gasteiger charge is -2.25. The van der Waals surface area contributed by atoms with Crippen LogP contribution in [0.2, 0.25) is 0 Å². The van der Waals surface area contributed by atoms with Crippen molar-refractivity contribution in [1.82, 2.24) is 4.98 Å². The van der Waals surface area contributed by atoms with Crippen molar-refractivity contribution in [2.24, 2.45) is 0 Å². The maximum atomic E-state index is 11.0. The third kappa shape index (κ3) is 3.52. The summed E-state index contributed by atoms with van der Waals surface area (Å²) in [5, 5.41) is 0.908. The average Bonchev–Trinajstić information content (AvgIpc) is 2.59. The lowest BCUT2D eigenvalue weighted by atomic mass is 10.1. The maximum Gasteiger partial charge on any atom is 0.331 e. The van der Waals surface area contributed by atoms with Crippen molar-refractivity contribution in [3.63, 3.8) is 0 Å². The van der Waals surface area contributed by atoms with E-state index in [1.165, 1.54) is 30.6 Å². The SMILES string of the molecule is Cc1sc(N2CCCCC2)nc1CP(=O)(O)O. The van der Waals surface area contributed by atoms with Crippen LogP contribution in [0.3, 0.4) is 0 Å². The van der Waals surface area contributed by atoms with Crippen LogP contribution >= 0.6 is 18.9 Å². The van der Waals surface area contributed by atoms with E-state index in [1.807, 2.05) is 6.92 Å². The van der Waals surface area contributed by atoms with Crippen LogP contribution in [-0.2, 0) is 10.7 Å². The van der Waals surface area contributed by atoms with E-state index in [0.29, 0.717) is 5.69 Å². The molecule has 0 amide bonds. The Bertz CT molecular complexity index is 437. The Morgan fingerprint density at radius 3 is 2.59 bits per heavy atom. The van der Waals surface area contributed by atoms with Crippen LogP contribution in [0.1, 0.15) is 29.8 Å². The molecule has 0 unspecified atom stereocenters. The first-order valence-corrected chi connectivity index (χ1v) is 8.33. The molecule has 1 aromatic rings. The molecule has 5 nitrogen and oxygen atoms in total. The summed E-state index contributed by atoms with van der Waals surface area (Å²) in [6.45, 7) is 3.88. The zero-order chi connectivity index (χ0) is 12.5. The molecule has 1 aromatic heterocycles. The quantitative estimate of drug-likeness (QED) is 0.827. The fourth-order valence-electron chi connectivity index (χ4n) is 1.98. The summed E-state index contributed by atoms with van der Waals surface area (Å²) in [5.41, 5.74) is 0.545. The molecule has 2 N–H and O–H groups in total. The molecule has 7 heteroatoms. The largest absolute Gasteiger partial charge is 0.348 e. The second-order valence-electron chi connectivity index (χ2n) is 4.37. The number of piperidine rings is 1. The Hall–Kier alpha value is -0.420. The first-order valence-electron chi connectivity index (χ1n) is 5.71. The molecule has 0 bridgehead atoms. The van der Waals surface area contributed by atoms with Crippen molar-refractivity contribution >= 4 is 24.1 Å². The third-order valence-corrected chi connectivity index (χ3v) is 4.65. The monoisotopic (exact) mass is 276 g/mol. The van der Waals surface area contributed by atoms with Gasteiger partial charge in [0.1, 0.15) is 0 Å². The molecule has 0 aliphatic carbocycles. The second-order valence-corrected chi connectivity index (χ2v) is 7.20. The molecule has 2 heterocycles. The van der Waals surface area contributed by atoms with E-state index in [1.54, 1.807) is 0 Å². The van der Waals surface area contributed by atoms with Crippen LogP contribution in [0.5, 0.6) is 0 Å². The Morgan fingerprint density at radius 1 is 1.35 bits per heavy atom. The summed E-state index contributed by atoms with van der Waals surface area (Å²) < 4.78 is 11.0. The number of hydrogen-bond acceptors (Lipinski definition) is 4. The number of aryl methyl sites for hydroxylation is 1. The van der Waals surface area contributed by atoms with Crippen LogP contribution in [0, 0.1) is 6.92 Å². The van der Waals surface area contributed by atoms with Gasteiger partial charge in [0, 0.05) is 18.0 Å². The van der Waals surface area contributed by atoms with Gasteiger partial charge < -0.3 is 14.7 Å². The first-order chi connectivity index (χ1) is 7.96. The molecule has 1 aliphatic heterocycles. The van der Waals surface area contributed by atoms with Gasteiger partial charge in [-0.2, -0.15) is 0 Å². The number of thiazole rings is 1. The molecule has 0 aromatic carbocycles. The van der Waals surface area contributed by atoms with Gasteiger partial charge in [0.15, 0.2) is 5.13 Å². The molecule has 2 rings (SSSR count). The molecule has 0 saturated carbocycles. The fourth-order valence-corrected chi connectivity index (χ4v) is 3.76. The van der Waals surface area contributed by atoms with Crippen molar-refractivity contribution in [3.05, 3.63) is 10.6 Å². The highest BCUT2D eigenvalue weighted by Gasteiger charge is 2.21. The molecule has 0 atom stereocenters. The summed E-state index contributed by atoms with van der Waals surface area (Å²) in [6.07, 6.45) is 3.36. The van der Waals surface area contributed by atoms with Gasteiger partial charge in [-0.15, -0.1) is 11.3 Å². The normalized spacial score (nSPS) is 17.5. The second kappa shape index (κ2) is 5.06. The Labute approximate surface area is 105 Å². The summed E-state index contributed by atoms with van der Waals surface area (Å²) in [6, 6.07) is 0. The highest BCUT2D eigenvalue weighted by Crippen LogP contribution is 2.41. The highest BCUT2D eigenvalue weighted by atomic mass is 32.1. The first kappa shape index (κ1) is 13.0. The van der Waals surface area contributed by atoms with Gasteiger partial charge in [-0.05, 0) is 26.2 Å². The van der Waals surface area contributed by atoms with Crippen LogP contribution < -0.4 is 4.90 Å². The molecule has 0 spiro atoms. The lowest BCUT2D eigenvalue weighted by molar-refractivity contribution is 0.371. The van der Waals surface area contributed by atoms with E-state index >= 15 is 0 Å². The predicted octanol–water partition coefficient (Wildman–Crippen LogP) is 2.12. The fraction of sp³-hybridized carbons (Fsp3) is 0.700. The minimum Gasteiger partial charge on any atom is -0.348 e. The minimum absolute atomic E-state index is 0.247. The lowest BCUT2D eigenvalue weighted by Crippen LogP contribution is -2.29. The van der Waals surface area contributed by atoms with Gasteiger partial charge >= 0.3 is 7.60 Å². The smallest absolute Gasteiger partial charge is 0.331 e. The van der Waals surface area contributed by atoms with E-state index in [-0.39, 0.29) is 6.16 Å². The molecule has 17 heavy (non-hydrogen) atoms. The summed E-state index contributed by atoms with van der Waals surface area (Å²) in [5.74, 6) is 0. The topological polar surface area (TPSA) is 73.7 Å². The Morgan fingerprint density at radius 2 is 2.00 bits per heavy atom. The minimum atomic E-state index is -4.02. The van der Waals surface area contributed by atoms with Crippen LogP contribution in [0.25, 0.3) is 0 Å². The Kier molecular flexibility index (Phi) is 3.88. The van der Waals surface area contributed by atoms with E-state index in [2.05, 4.69) is 9.88 Å². The summed E-state index contributed by atoms with van der Waals surface area (Å²) >= 11 is 1.53. The number of aromatic nitrogens is 1. The van der Waals surface area contributed by atoms with Gasteiger partial charge in [0.2, 0.25) is 0 Å². The van der Waals surface area contributed by atoms with Gasteiger partial charge in [0.25, 0.3) is 0 Å². The zero-order valence-corrected chi connectivity index (χ0v) is 11.5. The van der Waals surface area contributed by atoms with Gasteiger partial charge in [-0.3, -0.25) is 4.57 Å². The molecular formula is C10H17N2O3PS. The van der Waals surface area contributed by atoms with E-state index in [0.717, 1.165) is 23.1 Å². The van der Waals surface area contributed by atoms with Crippen molar-refractivity contribution in [2.75, 3.05) is 18.0 Å². The molecule has 1 aliphatic rings. The predicted molar refractivity (Wildman–Crippen MR) is 68.7 cm³/mol. The van der Waals surface area contributed by atoms with Crippen LogP contribution in [0.4, 0.5) is 5.13 Å². The summed E-state index contributed by atoms with van der Waals surface area (Å²) in [7, 11) is -4.02. The molecule has 96 valence electrons. The average molecular weight is 276 g/mol. The number of nitrogens with zero attached hydrogens (tertiary/aromatic N) is 2. The van der Waals surface area contributed by atoms with Crippen molar-refractivity contribution in [2.45, 2.75) is 32.3 Å². The van der Waals surface area contributed by atoms with Crippen LogP contribution in [-0.4, -0.2) is 27.9 Å². The van der Waals surface area contributed by atoms with Gasteiger partial charge in [-0.1, -0.05) is 0 Å². The van der Waals surface area contributed by atoms with Crippen molar-refractivity contribution < 1.29 is 14.4 Å². The molecule has 1 fully saturated rings. The van der Waals surface area contributed by atoms with E-state index in [9.17, 15) is 4.57 Å². The molecule has 1 saturated heterocycles. The number of anilines is 1. The van der Waals surface area contributed by atoms with Crippen molar-refractivity contribution in [1.29, 1.82) is 0 Å². The van der Waals surface area contributed by atoms with Crippen LogP contribution in [0.15, 0.2) is 0 Å². The standard InChI is InChI=1S/C10H17N2O3PS/c1-8-9(7-16(13,14)15)11-10(17-8)12-5-3-2-4-6-12/h2-7H2,1H3,(H2,13,14,15). The third-order valence-electron chi connectivity index (χ3n) is 2.86. The number of hydrogen-bond donors (Lipinski definition) is 2. The van der Waals surface area contributed by atoms with Gasteiger partial charge in [0.05, 0.1) is 11.9 Å². The maximum absolute atomic E-state index is 11.0. The van der Waals surface area contributed by atoms with Gasteiger partial charge in [-0.25, -0.2) is 4.98 Å².